The van der Waals surface area contributed by atoms with Gasteiger partial charge in [0.05, 0.1) is 6.10 Å². The molecule has 0 bridgehead atoms. The second-order valence-electron chi connectivity index (χ2n) is 13.1. The minimum absolute atomic E-state index is 0.0284. The Hall–Kier alpha value is -1.61. The summed E-state index contributed by atoms with van der Waals surface area (Å²) in [5.41, 5.74) is 4.34. The molecule has 0 aromatic rings. The lowest BCUT2D eigenvalue weighted by Gasteiger charge is -2.62. The number of aliphatic hydroxyl groups excluding tert-OH is 1. The molecule has 33 heavy (non-hydrogen) atoms. The van der Waals surface area contributed by atoms with E-state index in [0.29, 0.717) is 29.1 Å². The number of ether oxygens (including phenoxy) is 1. The summed E-state index contributed by atoms with van der Waals surface area (Å²) < 4.78 is 5.48. The fraction of sp³-hybridized carbons (Fsp3) is 0.700. The molecule has 1 N–H and O–H groups in total. The van der Waals surface area contributed by atoms with Crippen LogP contribution in [0.1, 0.15) is 87.0 Å². The van der Waals surface area contributed by atoms with E-state index in [0.717, 1.165) is 25.7 Å². The van der Waals surface area contributed by atoms with Crippen LogP contribution in [0.3, 0.4) is 0 Å². The third kappa shape index (κ3) is 3.00. The highest BCUT2D eigenvalue weighted by molar-refractivity contribution is 5.92. The van der Waals surface area contributed by atoms with Crippen LogP contribution in [-0.2, 0) is 9.53 Å². The van der Waals surface area contributed by atoms with Crippen molar-refractivity contribution in [3.8, 4) is 0 Å². The molecule has 0 aromatic heterocycles. The zero-order valence-electron chi connectivity index (χ0n) is 21.6. The molecule has 1 aliphatic heterocycles. The fourth-order valence-electron chi connectivity index (χ4n) is 8.64. The first-order valence-corrected chi connectivity index (χ1v) is 13.1. The van der Waals surface area contributed by atoms with Crippen molar-refractivity contribution in [2.45, 2.75) is 93.1 Å². The summed E-state index contributed by atoms with van der Waals surface area (Å²) in [7, 11) is 0. The van der Waals surface area contributed by atoms with Crippen molar-refractivity contribution >= 4 is 5.97 Å². The molecule has 0 saturated heterocycles. The van der Waals surface area contributed by atoms with E-state index in [1.807, 2.05) is 13.0 Å². The van der Waals surface area contributed by atoms with Gasteiger partial charge in [0.2, 0.25) is 0 Å². The maximum Gasteiger partial charge on any atom is 0.339 e. The van der Waals surface area contributed by atoms with Gasteiger partial charge in [0.1, 0.15) is 5.76 Å². The normalized spacial score (nSPS) is 45.9. The Morgan fingerprint density at radius 1 is 1.12 bits per heavy atom. The van der Waals surface area contributed by atoms with E-state index in [9.17, 15) is 9.90 Å². The minimum atomic E-state index is -0.216. The monoisotopic (exact) mass is 450 g/mol. The lowest BCUT2D eigenvalue weighted by molar-refractivity contribution is -0.133. The molecular formula is C30H42O3. The van der Waals surface area contributed by atoms with Crippen LogP contribution in [0.25, 0.3) is 0 Å². The van der Waals surface area contributed by atoms with E-state index >= 15 is 0 Å². The number of rotatable bonds is 2. The number of carbonyl (C=O) groups is 1. The highest BCUT2D eigenvalue weighted by Crippen LogP contribution is 2.70. The molecule has 0 aromatic carbocycles. The van der Waals surface area contributed by atoms with Crippen LogP contribution in [0.2, 0.25) is 0 Å². The average molecular weight is 451 g/mol. The molecule has 7 atom stereocenters. The lowest BCUT2D eigenvalue weighted by atomic mass is 9.43. The first kappa shape index (κ1) is 23.1. The molecular weight excluding hydrogens is 408 g/mol. The van der Waals surface area contributed by atoms with Crippen molar-refractivity contribution in [3.63, 3.8) is 0 Å². The smallest absolute Gasteiger partial charge is 0.339 e. The molecule has 2 fully saturated rings. The van der Waals surface area contributed by atoms with Crippen LogP contribution < -0.4 is 0 Å². The van der Waals surface area contributed by atoms with Gasteiger partial charge in [0.25, 0.3) is 0 Å². The number of hydrogen-bond donors (Lipinski definition) is 1. The summed E-state index contributed by atoms with van der Waals surface area (Å²) >= 11 is 0. The zero-order valence-corrected chi connectivity index (χ0v) is 21.6. The maximum absolute atomic E-state index is 11.9. The number of esters is 1. The molecule has 3 nitrogen and oxygen atoms in total. The summed E-state index contributed by atoms with van der Waals surface area (Å²) in [5.74, 6) is 1.93. The quantitative estimate of drug-likeness (QED) is 0.466. The predicted octanol–water partition coefficient (Wildman–Crippen LogP) is 6.90. The molecule has 0 amide bonds. The highest BCUT2D eigenvalue weighted by Gasteiger charge is 2.61. The summed E-state index contributed by atoms with van der Waals surface area (Å²) in [6, 6.07) is 0. The van der Waals surface area contributed by atoms with Gasteiger partial charge in [-0.05, 0) is 108 Å². The Balaban J connectivity index is 1.47. The van der Waals surface area contributed by atoms with E-state index in [4.69, 9.17) is 4.74 Å². The van der Waals surface area contributed by atoms with Gasteiger partial charge in [-0.25, -0.2) is 4.79 Å². The molecule has 0 unspecified atom stereocenters. The first-order valence-electron chi connectivity index (χ1n) is 13.1. The minimum Gasteiger partial charge on any atom is -0.423 e. The number of hydrogen-bond acceptors (Lipinski definition) is 3. The molecule has 1 heterocycles. The topological polar surface area (TPSA) is 46.5 Å². The first-order chi connectivity index (χ1) is 15.3. The summed E-state index contributed by atoms with van der Waals surface area (Å²) in [6.45, 7) is 16.2. The van der Waals surface area contributed by atoms with Crippen LogP contribution in [0.15, 0.2) is 46.8 Å². The van der Waals surface area contributed by atoms with E-state index in [-0.39, 0.29) is 33.7 Å². The molecule has 5 rings (SSSR count). The van der Waals surface area contributed by atoms with Crippen LogP contribution in [0.5, 0.6) is 0 Å². The molecule has 180 valence electrons. The van der Waals surface area contributed by atoms with Crippen LogP contribution in [-0.4, -0.2) is 17.2 Å². The molecule has 5 aliphatic rings. The summed E-state index contributed by atoms with van der Waals surface area (Å²) in [4.78, 5) is 11.9. The van der Waals surface area contributed by atoms with E-state index < -0.39 is 0 Å². The fourth-order valence-corrected chi connectivity index (χ4v) is 8.64. The van der Waals surface area contributed by atoms with Gasteiger partial charge in [-0.15, -0.1) is 0 Å². The zero-order chi connectivity index (χ0) is 24.0. The van der Waals surface area contributed by atoms with Crippen molar-refractivity contribution < 1.29 is 14.6 Å². The van der Waals surface area contributed by atoms with Crippen molar-refractivity contribution in [1.29, 1.82) is 0 Å². The lowest BCUT2D eigenvalue weighted by Crippen LogP contribution is -2.56. The number of cyclic esters (lactones) is 1. The second kappa shape index (κ2) is 7.20. The summed E-state index contributed by atoms with van der Waals surface area (Å²) in [5, 5.41) is 10.8. The van der Waals surface area contributed by atoms with Gasteiger partial charge in [-0.2, -0.15) is 0 Å². The second-order valence-corrected chi connectivity index (χ2v) is 13.1. The van der Waals surface area contributed by atoms with Gasteiger partial charge < -0.3 is 9.84 Å². The highest BCUT2D eigenvalue weighted by atomic mass is 16.5. The largest absolute Gasteiger partial charge is 0.423 e. The Morgan fingerprint density at radius 2 is 1.85 bits per heavy atom. The van der Waals surface area contributed by atoms with Gasteiger partial charge in [-0.1, -0.05) is 53.7 Å². The van der Waals surface area contributed by atoms with E-state index in [1.54, 1.807) is 11.1 Å². The third-order valence-corrected chi connectivity index (χ3v) is 11.4. The molecule has 2 saturated carbocycles. The average Bonchev–Trinajstić information content (AvgIpc) is 3.21. The Morgan fingerprint density at radius 3 is 2.52 bits per heavy atom. The van der Waals surface area contributed by atoms with Crippen LogP contribution in [0.4, 0.5) is 0 Å². The van der Waals surface area contributed by atoms with Crippen molar-refractivity contribution in [1.82, 2.24) is 0 Å². The molecule has 0 radical (unpaired) electrons. The van der Waals surface area contributed by atoms with Gasteiger partial charge in [0, 0.05) is 5.57 Å². The maximum atomic E-state index is 11.9. The number of carbonyl (C=O) groups excluding carboxylic acids is 1. The molecule has 4 aliphatic carbocycles. The van der Waals surface area contributed by atoms with Crippen LogP contribution >= 0.6 is 0 Å². The van der Waals surface area contributed by atoms with Crippen molar-refractivity contribution in [2.24, 2.45) is 39.4 Å². The third-order valence-electron chi connectivity index (χ3n) is 11.4. The Labute approximate surface area is 200 Å². The number of aliphatic hydroxyl groups is 1. The Kier molecular flexibility index (Phi) is 5.05. The summed E-state index contributed by atoms with van der Waals surface area (Å²) in [6.07, 6.45) is 15.6. The standard InChI is InChI=1S/C30H42O3/c1-18-16-20(33-26(18)32)17-19(2)29(6)14-11-23-21-8-9-24-27(3,4)25(31)12-13-28(24,5)22(21)10-15-30(23,29)7/h8,11,16-17,19,22,24-25,31H,9-10,12-15H2,1-7H3/b20-17-/t19-,22-,24-,25-,28-,29+,30-/m1/s1. The van der Waals surface area contributed by atoms with Gasteiger partial charge in [0.15, 0.2) is 0 Å². The molecule has 0 spiro atoms. The number of allylic oxidation sites excluding steroid dienone is 6. The SMILES string of the molecule is CC1=C/C(=C/[C@@H](C)[C@]2(C)CC=C3C4=CC[C@@H]5C(C)(C)[C@H](O)CC[C@]5(C)[C@@H]4CC[C@]32C)OC1=O. The van der Waals surface area contributed by atoms with E-state index in [1.165, 1.54) is 12.8 Å². The van der Waals surface area contributed by atoms with Crippen molar-refractivity contribution in [2.75, 3.05) is 0 Å². The van der Waals surface area contributed by atoms with Crippen LogP contribution in [0, 0.1) is 39.4 Å². The Bertz CT molecular complexity index is 1010. The predicted molar refractivity (Wildman–Crippen MR) is 132 cm³/mol. The van der Waals surface area contributed by atoms with E-state index in [2.05, 4.69) is 59.8 Å². The van der Waals surface area contributed by atoms with Gasteiger partial charge in [-0.3, -0.25) is 0 Å². The number of fused-ring (bicyclic) bond motifs is 5. The molecule has 3 heteroatoms. The van der Waals surface area contributed by atoms with Gasteiger partial charge >= 0.3 is 5.97 Å². The van der Waals surface area contributed by atoms with Crippen molar-refractivity contribution in [3.05, 3.63) is 46.8 Å².